The van der Waals surface area contributed by atoms with Crippen molar-refractivity contribution in [2.45, 2.75) is 12.5 Å². The first-order chi connectivity index (χ1) is 11.3. The van der Waals surface area contributed by atoms with E-state index in [1.165, 1.54) is 0 Å². The summed E-state index contributed by atoms with van der Waals surface area (Å²) in [5, 5.41) is 12.5. The molecule has 0 radical (unpaired) electrons. The molecule has 0 spiro atoms. The van der Waals surface area contributed by atoms with Crippen LogP contribution >= 0.6 is 59.4 Å². The predicted molar refractivity (Wildman–Crippen MR) is 104 cm³/mol. The van der Waals surface area contributed by atoms with Crippen molar-refractivity contribution in [3.05, 3.63) is 66.0 Å². The molecule has 0 fully saturated rings. The van der Waals surface area contributed by atoms with Gasteiger partial charge in [-0.15, -0.1) is 0 Å². The number of halogens is 4. The molecule has 0 aliphatic carbocycles. The fraction of sp³-hybridized carbons (Fsp3) is 0.125. The Morgan fingerprint density at radius 2 is 1.71 bits per heavy atom. The van der Waals surface area contributed by atoms with Crippen molar-refractivity contribution in [2.24, 2.45) is 0 Å². The number of nitrogens with one attached hydrogen (secondary N) is 1. The highest BCUT2D eigenvalue weighted by molar-refractivity contribution is 9.11. The summed E-state index contributed by atoms with van der Waals surface area (Å²) in [7, 11) is 0. The molecule has 0 heterocycles. The number of rotatable bonds is 5. The summed E-state index contributed by atoms with van der Waals surface area (Å²) < 4.78 is 2.16. The Morgan fingerprint density at radius 1 is 1.08 bits per heavy atom. The first kappa shape index (κ1) is 19.4. The molecule has 2 aromatic rings. The van der Waals surface area contributed by atoms with Crippen LogP contribution in [0.2, 0.25) is 5.02 Å². The lowest BCUT2D eigenvalue weighted by molar-refractivity contribution is -0.139. The Labute approximate surface area is 169 Å². The van der Waals surface area contributed by atoms with Gasteiger partial charge in [0, 0.05) is 30.4 Å². The van der Waals surface area contributed by atoms with Gasteiger partial charge in [0.1, 0.15) is 6.04 Å². The molecule has 8 heteroatoms. The van der Waals surface area contributed by atoms with Crippen LogP contribution in [0.1, 0.15) is 15.9 Å². The molecule has 1 atom stereocenters. The summed E-state index contributed by atoms with van der Waals surface area (Å²) in [6.45, 7) is 0. The van der Waals surface area contributed by atoms with E-state index in [1.54, 1.807) is 36.4 Å². The maximum Gasteiger partial charge on any atom is 0.326 e. The Balaban J connectivity index is 2.20. The number of hydrogen-bond acceptors (Lipinski definition) is 2. The second kappa shape index (κ2) is 8.47. The number of benzene rings is 2. The molecule has 1 amide bonds. The van der Waals surface area contributed by atoms with Gasteiger partial charge in [-0.3, -0.25) is 4.79 Å². The van der Waals surface area contributed by atoms with Gasteiger partial charge in [-0.25, -0.2) is 4.79 Å². The predicted octanol–water partition coefficient (Wildman–Crippen LogP) is 5.05. The second-order valence-electron chi connectivity index (χ2n) is 4.96. The zero-order valence-electron chi connectivity index (χ0n) is 12.0. The van der Waals surface area contributed by atoms with E-state index in [9.17, 15) is 14.7 Å². The molecule has 2 N–H and O–H groups in total. The van der Waals surface area contributed by atoms with Gasteiger partial charge < -0.3 is 10.4 Å². The van der Waals surface area contributed by atoms with Crippen molar-refractivity contribution in [3.8, 4) is 0 Å². The highest BCUT2D eigenvalue weighted by Crippen LogP contribution is 2.23. The Kier molecular flexibility index (Phi) is 6.86. The highest BCUT2D eigenvalue weighted by atomic mass is 79.9. The molecule has 2 aromatic carbocycles. The lowest BCUT2D eigenvalue weighted by Crippen LogP contribution is -2.42. The Bertz CT molecular complexity index is 778. The molecule has 0 saturated heterocycles. The number of carbonyl (C=O) groups excluding carboxylic acids is 1. The number of hydrogen-bond donors (Lipinski definition) is 2. The van der Waals surface area contributed by atoms with Crippen LogP contribution in [0.5, 0.6) is 0 Å². The van der Waals surface area contributed by atoms with Crippen LogP contribution in [0.3, 0.4) is 0 Å². The van der Waals surface area contributed by atoms with Crippen molar-refractivity contribution in [3.63, 3.8) is 0 Å². The smallest absolute Gasteiger partial charge is 0.326 e. The molecule has 126 valence electrons. The minimum absolute atomic E-state index is 0.109. The third-order valence-corrected chi connectivity index (χ3v) is 5.08. The minimum atomic E-state index is -1.12. The fourth-order valence-electron chi connectivity index (χ4n) is 2.05. The lowest BCUT2D eigenvalue weighted by atomic mass is 10.1. The summed E-state index contributed by atoms with van der Waals surface area (Å²) >= 11 is 15.9. The van der Waals surface area contributed by atoms with Gasteiger partial charge in [0.2, 0.25) is 0 Å². The van der Waals surface area contributed by atoms with E-state index < -0.39 is 17.9 Å². The van der Waals surface area contributed by atoms with Crippen LogP contribution in [-0.4, -0.2) is 23.0 Å². The first-order valence-corrected chi connectivity index (χ1v) is 9.45. The van der Waals surface area contributed by atoms with Crippen LogP contribution in [0.15, 0.2) is 49.8 Å². The van der Waals surface area contributed by atoms with E-state index in [1.807, 2.05) is 0 Å². The summed E-state index contributed by atoms with van der Waals surface area (Å²) in [5.41, 5.74) is 1.05. The Hall–Kier alpha value is -0.890. The molecular formula is C16H11Br3ClNO3. The van der Waals surface area contributed by atoms with Crippen LogP contribution in [0, 0.1) is 0 Å². The van der Waals surface area contributed by atoms with Crippen LogP contribution in [-0.2, 0) is 11.2 Å². The van der Waals surface area contributed by atoms with E-state index in [-0.39, 0.29) is 6.42 Å². The van der Waals surface area contributed by atoms with Crippen molar-refractivity contribution >= 4 is 71.3 Å². The molecule has 4 nitrogen and oxygen atoms in total. The average Bonchev–Trinajstić information content (AvgIpc) is 2.48. The van der Waals surface area contributed by atoms with Gasteiger partial charge in [-0.1, -0.05) is 59.4 Å². The fourth-order valence-corrected chi connectivity index (χ4v) is 3.94. The number of carboxylic acid groups (broad SMARTS) is 1. The van der Waals surface area contributed by atoms with Crippen molar-refractivity contribution < 1.29 is 14.7 Å². The quantitative estimate of drug-likeness (QED) is 0.558. The molecule has 0 unspecified atom stereocenters. The summed E-state index contributed by atoms with van der Waals surface area (Å²) in [5.74, 6) is -1.59. The van der Waals surface area contributed by atoms with Gasteiger partial charge in [0.25, 0.3) is 5.91 Å². The minimum Gasteiger partial charge on any atom is -0.480 e. The summed E-state index contributed by atoms with van der Waals surface area (Å²) in [6, 6.07) is 9.05. The normalized spacial score (nSPS) is 11.8. The summed E-state index contributed by atoms with van der Waals surface area (Å²) in [6.07, 6.45) is 0.109. The van der Waals surface area contributed by atoms with Gasteiger partial charge >= 0.3 is 5.97 Å². The lowest BCUT2D eigenvalue weighted by Gasteiger charge is -2.16. The number of carboxylic acids is 1. The van der Waals surface area contributed by atoms with E-state index >= 15 is 0 Å². The van der Waals surface area contributed by atoms with Gasteiger partial charge in [0.15, 0.2) is 0 Å². The average molecular weight is 540 g/mol. The monoisotopic (exact) mass is 537 g/mol. The van der Waals surface area contributed by atoms with Gasteiger partial charge in [0.05, 0.1) is 0 Å². The van der Waals surface area contributed by atoms with Gasteiger partial charge in [-0.05, 0) is 42.0 Å². The molecule has 0 aliphatic heterocycles. The van der Waals surface area contributed by atoms with Crippen molar-refractivity contribution in [1.29, 1.82) is 0 Å². The second-order valence-corrected chi connectivity index (χ2v) is 8.08. The number of amides is 1. The van der Waals surface area contributed by atoms with Crippen LogP contribution in [0.4, 0.5) is 0 Å². The SMILES string of the molecule is O=C(N[C@H](Cc1cc(Cl)ccc1Br)C(=O)O)c1cc(Br)cc(Br)c1. The Morgan fingerprint density at radius 3 is 2.29 bits per heavy atom. The number of carbonyl (C=O) groups is 2. The molecular weight excluding hydrogens is 529 g/mol. The molecule has 0 bridgehead atoms. The largest absolute Gasteiger partial charge is 0.480 e. The zero-order valence-corrected chi connectivity index (χ0v) is 17.5. The van der Waals surface area contributed by atoms with Crippen molar-refractivity contribution in [1.82, 2.24) is 5.32 Å². The molecule has 0 aromatic heterocycles. The van der Waals surface area contributed by atoms with Crippen molar-refractivity contribution in [2.75, 3.05) is 0 Å². The third kappa shape index (κ3) is 5.31. The van der Waals surface area contributed by atoms with Crippen LogP contribution < -0.4 is 5.32 Å². The molecule has 24 heavy (non-hydrogen) atoms. The van der Waals surface area contributed by atoms with E-state index in [4.69, 9.17) is 11.6 Å². The molecule has 2 rings (SSSR count). The van der Waals surface area contributed by atoms with E-state index in [0.717, 1.165) is 4.47 Å². The number of aliphatic carboxylic acids is 1. The maximum absolute atomic E-state index is 12.4. The summed E-state index contributed by atoms with van der Waals surface area (Å²) in [4.78, 5) is 23.9. The van der Waals surface area contributed by atoms with Crippen LogP contribution in [0.25, 0.3) is 0 Å². The maximum atomic E-state index is 12.4. The topological polar surface area (TPSA) is 66.4 Å². The highest BCUT2D eigenvalue weighted by Gasteiger charge is 2.22. The van der Waals surface area contributed by atoms with Gasteiger partial charge in [-0.2, -0.15) is 0 Å². The third-order valence-electron chi connectivity index (χ3n) is 3.16. The van der Waals surface area contributed by atoms with E-state index in [0.29, 0.717) is 25.1 Å². The molecule has 0 aliphatic rings. The standard InChI is InChI=1S/C16H11Br3ClNO3/c17-10-3-9(4-11(18)7-10)15(22)21-14(16(23)24)6-8-5-12(20)1-2-13(8)19/h1-5,7,14H,6H2,(H,21,22)(H,23,24)/t14-/m1/s1. The first-order valence-electron chi connectivity index (χ1n) is 6.70. The van der Waals surface area contributed by atoms with E-state index in [2.05, 4.69) is 53.1 Å². The zero-order chi connectivity index (χ0) is 17.9. The molecule has 0 saturated carbocycles.